The average Bonchev–Trinajstić information content (AvgIpc) is 2.72. The van der Waals surface area contributed by atoms with Crippen molar-refractivity contribution in [2.45, 2.75) is 26.7 Å². The second-order valence-electron chi connectivity index (χ2n) is 3.97. The predicted molar refractivity (Wildman–Crippen MR) is 70.9 cm³/mol. The molecule has 1 aromatic carbocycles. The van der Waals surface area contributed by atoms with Gasteiger partial charge in [-0.25, -0.2) is 0 Å². The highest BCUT2D eigenvalue weighted by molar-refractivity contribution is 5.41. The van der Waals surface area contributed by atoms with Crippen molar-refractivity contribution in [2.75, 3.05) is 12.3 Å². The van der Waals surface area contributed by atoms with Crippen molar-refractivity contribution in [3.8, 4) is 11.4 Å². The molecule has 0 atom stereocenters. The van der Waals surface area contributed by atoms with Gasteiger partial charge in [-0.2, -0.15) is 9.67 Å². The highest BCUT2D eigenvalue weighted by atomic mass is 16.5. The molecule has 1 aromatic heterocycles. The summed E-state index contributed by atoms with van der Waals surface area (Å²) in [6, 6.07) is 7.65. The molecule has 2 aromatic rings. The molecule has 0 aliphatic carbocycles. The molecule has 0 unspecified atom stereocenters. The lowest BCUT2D eigenvalue weighted by molar-refractivity contribution is 0.340. The minimum absolute atomic E-state index is 0.419. The number of ether oxygens (including phenoxy) is 1. The molecule has 0 amide bonds. The monoisotopic (exact) mass is 246 g/mol. The van der Waals surface area contributed by atoms with Crippen LogP contribution in [0.25, 0.3) is 5.69 Å². The molecule has 2 N–H and O–H groups in total. The highest BCUT2D eigenvalue weighted by Gasteiger charge is 2.08. The van der Waals surface area contributed by atoms with Crippen molar-refractivity contribution in [1.82, 2.24) is 14.8 Å². The lowest BCUT2D eigenvalue weighted by atomic mass is 10.3. The van der Waals surface area contributed by atoms with Gasteiger partial charge >= 0.3 is 0 Å². The summed E-state index contributed by atoms with van der Waals surface area (Å²) in [5, 5.41) is 4.39. The molecule has 0 spiro atoms. The second-order valence-corrected chi connectivity index (χ2v) is 3.97. The summed E-state index contributed by atoms with van der Waals surface area (Å²) in [7, 11) is 0. The van der Waals surface area contributed by atoms with E-state index in [1.54, 1.807) is 4.68 Å². The van der Waals surface area contributed by atoms with E-state index in [0.717, 1.165) is 30.1 Å². The molecule has 0 fully saturated rings. The van der Waals surface area contributed by atoms with Gasteiger partial charge in [0, 0.05) is 6.42 Å². The molecular weight excluding hydrogens is 228 g/mol. The van der Waals surface area contributed by atoms with Crippen LogP contribution in [0.2, 0.25) is 0 Å². The van der Waals surface area contributed by atoms with Gasteiger partial charge in [0.25, 0.3) is 0 Å². The smallest absolute Gasteiger partial charge is 0.223 e. The van der Waals surface area contributed by atoms with Gasteiger partial charge in [-0.1, -0.05) is 6.92 Å². The molecule has 5 heteroatoms. The molecule has 0 aliphatic heterocycles. The van der Waals surface area contributed by atoms with E-state index in [1.165, 1.54) is 0 Å². The van der Waals surface area contributed by atoms with Gasteiger partial charge in [-0.05, 0) is 37.6 Å². The van der Waals surface area contributed by atoms with E-state index in [1.807, 2.05) is 31.2 Å². The fourth-order valence-corrected chi connectivity index (χ4v) is 1.74. The number of aromatic nitrogens is 3. The van der Waals surface area contributed by atoms with Crippen molar-refractivity contribution in [1.29, 1.82) is 0 Å². The maximum Gasteiger partial charge on any atom is 0.223 e. The van der Waals surface area contributed by atoms with Crippen LogP contribution in [-0.4, -0.2) is 21.4 Å². The van der Waals surface area contributed by atoms with Crippen LogP contribution in [0.3, 0.4) is 0 Å². The number of rotatable bonds is 5. The van der Waals surface area contributed by atoms with Crippen LogP contribution in [0, 0.1) is 0 Å². The van der Waals surface area contributed by atoms with Gasteiger partial charge < -0.3 is 10.5 Å². The zero-order chi connectivity index (χ0) is 13.0. The van der Waals surface area contributed by atoms with E-state index < -0.39 is 0 Å². The molecule has 2 rings (SSSR count). The van der Waals surface area contributed by atoms with Crippen LogP contribution in [-0.2, 0) is 6.42 Å². The molecule has 0 radical (unpaired) electrons. The summed E-state index contributed by atoms with van der Waals surface area (Å²) in [5.74, 6) is 2.04. The SMILES string of the molecule is CCCc1nc(N)n(-c2ccc(OCC)cc2)n1. The van der Waals surface area contributed by atoms with Crippen molar-refractivity contribution < 1.29 is 4.74 Å². The molecule has 18 heavy (non-hydrogen) atoms. The Morgan fingerprint density at radius 3 is 2.56 bits per heavy atom. The minimum atomic E-state index is 0.419. The molecule has 96 valence electrons. The van der Waals surface area contributed by atoms with Crippen molar-refractivity contribution in [2.24, 2.45) is 0 Å². The van der Waals surface area contributed by atoms with E-state index in [-0.39, 0.29) is 0 Å². The van der Waals surface area contributed by atoms with Gasteiger partial charge in [0.1, 0.15) is 5.75 Å². The fraction of sp³-hybridized carbons (Fsp3) is 0.385. The first kappa shape index (κ1) is 12.4. The normalized spacial score (nSPS) is 10.6. The van der Waals surface area contributed by atoms with Crippen LogP contribution in [0.5, 0.6) is 5.75 Å². The van der Waals surface area contributed by atoms with Crippen molar-refractivity contribution >= 4 is 5.95 Å². The molecule has 0 bridgehead atoms. The minimum Gasteiger partial charge on any atom is -0.494 e. The summed E-state index contributed by atoms with van der Waals surface area (Å²) >= 11 is 0. The number of hydrogen-bond acceptors (Lipinski definition) is 4. The maximum absolute atomic E-state index is 5.86. The maximum atomic E-state index is 5.86. The quantitative estimate of drug-likeness (QED) is 0.878. The number of hydrogen-bond donors (Lipinski definition) is 1. The summed E-state index contributed by atoms with van der Waals surface area (Å²) in [6.45, 7) is 4.71. The van der Waals surface area contributed by atoms with Gasteiger partial charge in [-0.3, -0.25) is 0 Å². The molecular formula is C13H18N4O. The highest BCUT2D eigenvalue weighted by Crippen LogP contribution is 2.17. The Balaban J connectivity index is 2.24. The van der Waals surface area contributed by atoms with Gasteiger partial charge in [0.2, 0.25) is 5.95 Å². The zero-order valence-electron chi connectivity index (χ0n) is 10.8. The third-order valence-corrected chi connectivity index (χ3v) is 2.54. The van der Waals surface area contributed by atoms with Gasteiger partial charge in [0.15, 0.2) is 5.82 Å². The van der Waals surface area contributed by atoms with Crippen LogP contribution in [0.4, 0.5) is 5.95 Å². The van der Waals surface area contributed by atoms with E-state index in [9.17, 15) is 0 Å². The molecule has 0 aliphatic rings. The van der Waals surface area contributed by atoms with Gasteiger partial charge in [0.05, 0.1) is 12.3 Å². The van der Waals surface area contributed by atoms with Crippen molar-refractivity contribution in [3.63, 3.8) is 0 Å². The Bertz CT molecular complexity index is 504. The predicted octanol–water partition coefficient (Wildman–Crippen LogP) is 2.20. The van der Waals surface area contributed by atoms with Crippen molar-refractivity contribution in [3.05, 3.63) is 30.1 Å². The number of aryl methyl sites for hydroxylation is 1. The fourth-order valence-electron chi connectivity index (χ4n) is 1.74. The largest absolute Gasteiger partial charge is 0.494 e. The zero-order valence-corrected chi connectivity index (χ0v) is 10.8. The first-order valence-corrected chi connectivity index (χ1v) is 6.19. The van der Waals surface area contributed by atoms with Crippen LogP contribution >= 0.6 is 0 Å². The van der Waals surface area contributed by atoms with E-state index in [0.29, 0.717) is 12.6 Å². The van der Waals surface area contributed by atoms with E-state index in [2.05, 4.69) is 17.0 Å². The Hall–Kier alpha value is -2.04. The number of nitrogens with two attached hydrogens (primary N) is 1. The number of anilines is 1. The molecule has 0 saturated heterocycles. The standard InChI is InChI=1S/C13H18N4O/c1-3-5-12-15-13(14)17(16-12)10-6-8-11(9-7-10)18-4-2/h6-9H,3-5H2,1-2H3,(H2,14,15,16). The number of nitrogens with zero attached hydrogens (tertiary/aromatic N) is 3. The second kappa shape index (κ2) is 5.53. The van der Waals surface area contributed by atoms with E-state index >= 15 is 0 Å². The van der Waals surface area contributed by atoms with Crippen LogP contribution in [0.1, 0.15) is 26.1 Å². The topological polar surface area (TPSA) is 66.0 Å². The van der Waals surface area contributed by atoms with Crippen LogP contribution < -0.4 is 10.5 Å². The van der Waals surface area contributed by atoms with Crippen LogP contribution in [0.15, 0.2) is 24.3 Å². The average molecular weight is 246 g/mol. The summed E-state index contributed by atoms with van der Waals surface area (Å²) < 4.78 is 7.05. The number of benzene rings is 1. The summed E-state index contributed by atoms with van der Waals surface area (Å²) in [4.78, 5) is 4.23. The third-order valence-electron chi connectivity index (χ3n) is 2.54. The van der Waals surface area contributed by atoms with Gasteiger partial charge in [-0.15, -0.1) is 5.10 Å². The number of nitrogen functional groups attached to an aromatic ring is 1. The Morgan fingerprint density at radius 1 is 1.22 bits per heavy atom. The Labute approximate surface area is 107 Å². The lowest BCUT2D eigenvalue weighted by Crippen LogP contribution is -2.02. The molecule has 0 saturated carbocycles. The first-order chi connectivity index (χ1) is 8.74. The Morgan fingerprint density at radius 2 is 1.94 bits per heavy atom. The Kier molecular flexibility index (Phi) is 3.82. The molecule has 5 nitrogen and oxygen atoms in total. The lowest BCUT2D eigenvalue weighted by Gasteiger charge is -2.05. The molecule has 1 heterocycles. The summed E-state index contributed by atoms with van der Waals surface area (Å²) in [5.41, 5.74) is 6.75. The first-order valence-electron chi connectivity index (χ1n) is 6.19. The van der Waals surface area contributed by atoms with E-state index in [4.69, 9.17) is 10.5 Å². The third kappa shape index (κ3) is 2.61. The summed E-state index contributed by atoms with van der Waals surface area (Å²) in [6.07, 6.45) is 1.85.